The van der Waals surface area contributed by atoms with Crippen molar-refractivity contribution in [1.29, 1.82) is 0 Å². The SMILES string of the molecule is CC(=O)Nc1cccc(C(C)NCCC(N)=NO)c1. The summed E-state index contributed by atoms with van der Waals surface area (Å²) < 4.78 is 0. The lowest BCUT2D eigenvalue weighted by Crippen LogP contribution is -2.24. The van der Waals surface area contributed by atoms with Crippen LogP contribution in [0.25, 0.3) is 0 Å². The van der Waals surface area contributed by atoms with E-state index >= 15 is 0 Å². The molecule has 1 rings (SSSR count). The molecule has 0 spiro atoms. The van der Waals surface area contributed by atoms with Gasteiger partial charge in [0.1, 0.15) is 5.84 Å². The Hall–Kier alpha value is -2.08. The molecule has 0 radical (unpaired) electrons. The molecule has 19 heavy (non-hydrogen) atoms. The van der Waals surface area contributed by atoms with Gasteiger partial charge in [0.15, 0.2) is 0 Å². The highest BCUT2D eigenvalue weighted by atomic mass is 16.4. The molecule has 1 aromatic rings. The molecule has 0 aromatic heterocycles. The van der Waals surface area contributed by atoms with Crippen LogP contribution >= 0.6 is 0 Å². The number of amides is 1. The van der Waals surface area contributed by atoms with Crippen LogP contribution < -0.4 is 16.4 Å². The largest absolute Gasteiger partial charge is 0.409 e. The highest BCUT2D eigenvalue weighted by molar-refractivity contribution is 5.88. The highest BCUT2D eigenvalue weighted by Gasteiger charge is 2.06. The zero-order valence-electron chi connectivity index (χ0n) is 11.2. The van der Waals surface area contributed by atoms with Gasteiger partial charge in [-0.15, -0.1) is 0 Å². The Labute approximate surface area is 112 Å². The maximum atomic E-state index is 11.0. The normalized spacial score (nSPS) is 13.1. The third-order valence-corrected chi connectivity index (χ3v) is 2.67. The molecule has 1 amide bonds. The number of amidine groups is 1. The standard InChI is InChI=1S/C13H20N4O2/c1-9(15-7-6-13(14)17-19)11-4-3-5-12(8-11)16-10(2)18/h3-5,8-9,15,19H,6-7H2,1-2H3,(H2,14,17)(H,16,18). The second kappa shape index (κ2) is 7.38. The van der Waals surface area contributed by atoms with E-state index in [2.05, 4.69) is 15.8 Å². The Kier molecular flexibility index (Phi) is 5.81. The second-order valence-electron chi connectivity index (χ2n) is 4.32. The molecule has 0 aliphatic heterocycles. The van der Waals surface area contributed by atoms with Crippen molar-refractivity contribution < 1.29 is 10.0 Å². The van der Waals surface area contributed by atoms with Gasteiger partial charge in [-0.05, 0) is 24.6 Å². The molecule has 0 aliphatic rings. The maximum absolute atomic E-state index is 11.0. The Morgan fingerprint density at radius 1 is 1.53 bits per heavy atom. The number of carbonyl (C=O) groups excluding carboxylic acids is 1. The molecule has 1 aromatic carbocycles. The molecule has 6 heteroatoms. The fourth-order valence-electron chi connectivity index (χ4n) is 1.67. The lowest BCUT2D eigenvalue weighted by atomic mass is 10.1. The van der Waals surface area contributed by atoms with E-state index in [9.17, 15) is 4.79 Å². The highest BCUT2D eigenvalue weighted by Crippen LogP contribution is 2.17. The van der Waals surface area contributed by atoms with E-state index in [0.29, 0.717) is 13.0 Å². The molecule has 0 bridgehead atoms. The van der Waals surface area contributed by atoms with E-state index in [1.165, 1.54) is 6.92 Å². The van der Waals surface area contributed by atoms with Crippen molar-refractivity contribution in [3.05, 3.63) is 29.8 Å². The maximum Gasteiger partial charge on any atom is 0.221 e. The van der Waals surface area contributed by atoms with Crippen molar-refractivity contribution in [3.8, 4) is 0 Å². The van der Waals surface area contributed by atoms with Gasteiger partial charge < -0.3 is 21.6 Å². The van der Waals surface area contributed by atoms with Crippen molar-refractivity contribution in [2.45, 2.75) is 26.3 Å². The first-order valence-electron chi connectivity index (χ1n) is 6.10. The predicted molar refractivity (Wildman–Crippen MR) is 75.2 cm³/mol. The number of carbonyl (C=O) groups is 1. The number of hydrogen-bond acceptors (Lipinski definition) is 4. The van der Waals surface area contributed by atoms with Crippen LogP contribution in [0.15, 0.2) is 29.4 Å². The second-order valence-corrected chi connectivity index (χ2v) is 4.32. The van der Waals surface area contributed by atoms with Crippen molar-refractivity contribution in [2.75, 3.05) is 11.9 Å². The third-order valence-electron chi connectivity index (χ3n) is 2.67. The summed E-state index contributed by atoms with van der Waals surface area (Å²) in [7, 11) is 0. The van der Waals surface area contributed by atoms with Gasteiger partial charge in [-0.2, -0.15) is 0 Å². The summed E-state index contributed by atoms with van der Waals surface area (Å²) in [4.78, 5) is 11.0. The van der Waals surface area contributed by atoms with Crippen LogP contribution in [0, 0.1) is 0 Å². The number of rotatable bonds is 6. The minimum absolute atomic E-state index is 0.0929. The Morgan fingerprint density at radius 3 is 2.89 bits per heavy atom. The van der Waals surface area contributed by atoms with Crippen LogP contribution in [0.2, 0.25) is 0 Å². The van der Waals surface area contributed by atoms with Gasteiger partial charge in [-0.1, -0.05) is 17.3 Å². The molecule has 1 unspecified atom stereocenters. The fourth-order valence-corrected chi connectivity index (χ4v) is 1.67. The molecule has 0 fully saturated rings. The van der Waals surface area contributed by atoms with E-state index in [4.69, 9.17) is 10.9 Å². The lowest BCUT2D eigenvalue weighted by Gasteiger charge is -2.15. The number of benzene rings is 1. The van der Waals surface area contributed by atoms with Gasteiger partial charge in [0.25, 0.3) is 0 Å². The molecule has 6 nitrogen and oxygen atoms in total. The van der Waals surface area contributed by atoms with Crippen molar-refractivity contribution in [1.82, 2.24) is 5.32 Å². The minimum atomic E-state index is -0.0929. The van der Waals surface area contributed by atoms with E-state index in [1.807, 2.05) is 31.2 Å². The summed E-state index contributed by atoms with van der Waals surface area (Å²) in [6.07, 6.45) is 0.478. The molecule has 104 valence electrons. The monoisotopic (exact) mass is 264 g/mol. The predicted octanol–water partition coefficient (Wildman–Crippen LogP) is 1.43. The third kappa shape index (κ3) is 5.39. The minimum Gasteiger partial charge on any atom is -0.409 e. The molecule has 0 saturated heterocycles. The molecule has 5 N–H and O–H groups in total. The van der Waals surface area contributed by atoms with Crippen molar-refractivity contribution in [2.24, 2.45) is 10.9 Å². The van der Waals surface area contributed by atoms with Gasteiger partial charge in [-0.3, -0.25) is 4.79 Å². The quantitative estimate of drug-likeness (QED) is 0.270. The van der Waals surface area contributed by atoms with Gasteiger partial charge in [0.05, 0.1) is 0 Å². The smallest absolute Gasteiger partial charge is 0.221 e. The Morgan fingerprint density at radius 2 is 2.26 bits per heavy atom. The average Bonchev–Trinajstić information content (AvgIpc) is 2.37. The van der Waals surface area contributed by atoms with Gasteiger partial charge in [-0.25, -0.2) is 0 Å². The fraction of sp³-hybridized carbons (Fsp3) is 0.385. The summed E-state index contributed by atoms with van der Waals surface area (Å²) in [6, 6.07) is 7.74. The first-order chi connectivity index (χ1) is 9.02. The first kappa shape index (κ1) is 15.0. The van der Waals surface area contributed by atoms with E-state index in [1.54, 1.807) is 0 Å². The van der Waals surface area contributed by atoms with E-state index < -0.39 is 0 Å². The van der Waals surface area contributed by atoms with E-state index in [0.717, 1.165) is 11.3 Å². The molecular weight excluding hydrogens is 244 g/mol. The van der Waals surface area contributed by atoms with Crippen LogP contribution in [-0.4, -0.2) is 23.5 Å². The summed E-state index contributed by atoms with van der Waals surface area (Å²) >= 11 is 0. The molecule has 0 saturated carbocycles. The Bertz CT molecular complexity index is 460. The van der Waals surface area contributed by atoms with Crippen molar-refractivity contribution >= 4 is 17.4 Å². The van der Waals surface area contributed by atoms with Crippen LogP contribution in [0.4, 0.5) is 5.69 Å². The number of anilines is 1. The number of hydrogen-bond donors (Lipinski definition) is 4. The van der Waals surface area contributed by atoms with Crippen LogP contribution in [0.1, 0.15) is 31.9 Å². The van der Waals surface area contributed by atoms with Crippen LogP contribution in [-0.2, 0) is 4.79 Å². The van der Waals surface area contributed by atoms with E-state index in [-0.39, 0.29) is 17.8 Å². The Balaban J connectivity index is 2.56. The average molecular weight is 264 g/mol. The zero-order chi connectivity index (χ0) is 14.3. The molecule has 0 heterocycles. The molecular formula is C13H20N4O2. The van der Waals surface area contributed by atoms with Gasteiger partial charge in [0, 0.05) is 31.6 Å². The lowest BCUT2D eigenvalue weighted by molar-refractivity contribution is -0.114. The van der Waals surface area contributed by atoms with Crippen molar-refractivity contribution in [3.63, 3.8) is 0 Å². The molecule has 1 atom stereocenters. The van der Waals surface area contributed by atoms with Crippen LogP contribution in [0.3, 0.4) is 0 Å². The first-order valence-corrected chi connectivity index (χ1v) is 6.10. The summed E-state index contributed by atoms with van der Waals surface area (Å²) in [6.45, 7) is 4.10. The van der Waals surface area contributed by atoms with Gasteiger partial charge >= 0.3 is 0 Å². The number of nitrogens with zero attached hydrogens (tertiary/aromatic N) is 1. The number of nitrogens with two attached hydrogens (primary N) is 1. The topological polar surface area (TPSA) is 99.7 Å². The number of nitrogens with one attached hydrogen (secondary N) is 2. The molecule has 0 aliphatic carbocycles. The number of oxime groups is 1. The summed E-state index contributed by atoms with van der Waals surface area (Å²) in [5, 5.41) is 17.3. The van der Waals surface area contributed by atoms with Crippen LogP contribution in [0.5, 0.6) is 0 Å². The van der Waals surface area contributed by atoms with Gasteiger partial charge in [0.2, 0.25) is 5.91 Å². The zero-order valence-corrected chi connectivity index (χ0v) is 11.2. The summed E-state index contributed by atoms with van der Waals surface area (Å²) in [5.74, 6) is 0.108. The summed E-state index contributed by atoms with van der Waals surface area (Å²) in [5.41, 5.74) is 7.22.